The Labute approximate surface area is 174 Å². The highest BCUT2D eigenvalue weighted by molar-refractivity contribution is 7.89. The van der Waals surface area contributed by atoms with Crippen molar-refractivity contribution in [3.63, 3.8) is 0 Å². The summed E-state index contributed by atoms with van der Waals surface area (Å²) in [5, 5.41) is 2.95. The molecule has 2 aromatic carbocycles. The van der Waals surface area contributed by atoms with Crippen molar-refractivity contribution in [2.24, 2.45) is 0 Å². The molecular formula is C22H32N3O3S+. The van der Waals surface area contributed by atoms with Crippen LogP contribution >= 0.6 is 0 Å². The molecule has 0 spiro atoms. The lowest BCUT2D eigenvalue weighted by Gasteiger charge is -2.19. The van der Waals surface area contributed by atoms with Crippen molar-refractivity contribution in [1.29, 1.82) is 0 Å². The number of carbonyl (C=O) groups excluding carboxylic acids is 1. The maximum absolute atomic E-state index is 12.8. The Kier molecular flexibility index (Phi) is 7.96. The van der Waals surface area contributed by atoms with Crippen LogP contribution in [-0.4, -0.2) is 45.8 Å². The van der Waals surface area contributed by atoms with Gasteiger partial charge in [-0.2, -0.15) is 4.31 Å². The molecule has 0 heterocycles. The Hall–Kier alpha value is -2.22. The van der Waals surface area contributed by atoms with Crippen LogP contribution in [0.2, 0.25) is 0 Å². The van der Waals surface area contributed by atoms with Gasteiger partial charge in [0.2, 0.25) is 10.0 Å². The van der Waals surface area contributed by atoms with Crippen LogP contribution in [0.15, 0.2) is 47.4 Å². The first kappa shape index (κ1) is 23.1. The zero-order valence-corrected chi connectivity index (χ0v) is 18.8. The number of hydrogen-bond donors (Lipinski definition) is 2. The van der Waals surface area contributed by atoms with E-state index in [9.17, 15) is 13.2 Å². The maximum Gasteiger partial charge on any atom is 0.251 e. The van der Waals surface area contributed by atoms with Gasteiger partial charge in [0.05, 0.1) is 19.0 Å². The average Bonchev–Trinajstić information content (AvgIpc) is 2.67. The fourth-order valence-corrected chi connectivity index (χ4v) is 4.76. The van der Waals surface area contributed by atoms with Crippen LogP contribution in [0.4, 0.5) is 0 Å². The monoisotopic (exact) mass is 418 g/mol. The molecular weight excluding hydrogens is 386 g/mol. The average molecular weight is 419 g/mol. The first-order valence-electron chi connectivity index (χ1n) is 9.95. The summed E-state index contributed by atoms with van der Waals surface area (Å²) in [5.41, 5.74) is 3.37. The van der Waals surface area contributed by atoms with E-state index in [1.807, 2.05) is 25.1 Å². The van der Waals surface area contributed by atoms with Gasteiger partial charge < -0.3 is 10.2 Å². The zero-order valence-electron chi connectivity index (χ0n) is 18.0. The highest BCUT2D eigenvalue weighted by Crippen LogP contribution is 2.20. The van der Waals surface area contributed by atoms with E-state index in [0.29, 0.717) is 25.2 Å². The molecule has 0 aliphatic rings. The number of quaternary nitrogens is 1. The topological polar surface area (TPSA) is 70.9 Å². The van der Waals surface area contributed by atoms with Crippen molar-refractivity contribution in [3.8, 4) is 0 Å². The third kappa shape index (κ3) is 5.65. The van der Waals surface area contributed by atoms with Crippen molar-refractivity contribution in [1.82, 2.24) is 9.62 Å². The van der Waals surface area contributed by atoms with Gasteiger partial charge in [0.25, 0.3) is 5.91 Å². The molecule has 0 aliphatic heterocycles. The van der Waals surface area contributed by atoms with E-state index in [1.165, 1.54) is 20.8 Å². The Balaban J connectivity index is 2.24. The smallest absolute Gasteiger partial charge is 0.251 e. The van der Waals surface area contributed by atoms with Crippen molar-refractivity contribution < 1.29 is 18.1 Å². The Bertz CT molecular complexity index is 952. The van der Waals surface area contributed by atoms with Gasteiger partial charge in [-0.15, -0.1) is 0 Å². The van der Waals surface area contributed by atoms with Gasteiger partial charge in [-0.1, -0.05) is 44.2 Å². The number of sulfonamides is 1. The van der Waals surface area contributed by atoms with Gasteiger partial charge in [-0.25, -0.2) is 8.42 Å². The molecule has 0 bridgehead atoms. The summed E-state index contributed by atoms with van der Waals surface area (Å²) >= 11 is 0. The minimum Gasteiger partial charge on any atom is -0.348 e. The van der Waals surface area contributed by atoms with E-state index < -0.39 is 10.0 Å². The quantitative estimate of drug-likeness (QED) is 0.650. The van der Waals surface area contributed by atoms with Crippen LogP contribution in [0, 0.1) is 6.92 Å². The summed E-state index contributed by atoms with van der Waals surface area (Å²) in [6.45, 7) is 7.45. The van der Waals surface area contributed by atoms with Crippen LogP contribution < -0.4 is 10.2 Å². The molecule has 2 N–H and O–H groups in total. The second kappa shape index (κ2) is 10.0. The van der Waals surface area contributed by atoms with Crippen molar-refractivity contribution >= 4 is 15.9 Å². The molecule has 0 atom stereocenters. The van der Waals surface area contributed by atoms with Crippen molar-refractivity contribution in [3.05, 3.63) is 64.7 Å². The van der Waals surface area contributed by atoms with E-state index in [4.69, 9.17) is 0 Å². The predicted octanol–water partition coefficient (Wildman–Crippen LogP) is 1.60. The van der Waals surface area contributed by atoms with Gasteiger partial charge in [-0.3, -0.25) is 4.79 Å². The first-order valence-corrected chi connectivity index (χ1v) is 11.4. The van der Waals surface area contributed by atoms with E-state index in [2.05, 4.69) is 25.5 Å². The molecule has 0 saturated heterocycles. The fraction of sp³-hybridized carbons (Fsp3) is 0.409. The molecule has 0 aromatic heterocycles. The summed E-state index contributed by atoms with van der Waals surface area (Å²) in [7, 11) is 0.557. The molecule has 1 amide bonds. The normalized spacial score (nSPS) is 11.8. The highest BCUT2D eigenvalue weighted by atomic mass is 32.2. The number of benzene rings is 2. The number of carbonyl (C=O) groups is 1. The molecule has 158 valence electrons. The van der Waals surface area contributed by atoms with Gasteiger partial charge in [-0.05, 0) is 30.2 Å². The molecule has 7 heteroatoms. The SMILES string of the molecule is CCN(CC)S(=O)(=O)c1ccc(C)c(C(=O)NCc2ccccc2C[NH+](C)C)c1. The van der Waals surface area contributed by atoms with Gasteiger partial charge in [0.15, 0.2) is 0 Å². The lowest BCUT2D eigenvalue weighted by atomic mass is 10.1. The van der Waals surface area contributed by atoms with E-state index in [0.717, 1.165) is 17.7 Å². The second-order valence-corrected chi connectivity index (χ2v) is 9.34. The minimum atomic E-state index is -3.61. The number of nitrogens with one attached hydrogen (secondary N) is 2. The van der Waals surface area contributed by atoms with Gasteiger partial charge >= 0.3 is 0 Å². The molecule has 0 aliphatic carbocycles. The zero-order chi connectivity index (χ0) is 21.6. The van der Waals surface area contributed by atoms with E-state index in [1.54, 1.807) is 26.0 Å². The lowest BCUT2D eigenvalue weighted by Crippen LogP contribution is -3.04. The molecule has 0 fully saturated rings. The van der Waals surface area contributed by atoms with E-state index >= 15 is 0 Å². The number of amides is 1. The Morgan fingerprint density at radius 1 is 1.03 bits per heavy atom. The molecule has 2 aromatic rings. The van der Waals surface area contributed by atoms with Crippen molar-refractivity contribution in [2.75, 3.05) is 27.2 Å². The highest BCUT2D eigenvalue weighted by Gasteiger charge is 2.23. The van der Waals surface area contributed by atoms with Crippen LogP contribution in [-0.2, 0) is 23.1 Å². The van der Waals surface area contributed by atoms with Crippen LogP contribution in [0.5, 0.6) is 0 Å². The standard InChI is InChI=1S/C22H31N3O3S/c1-6-25(7-2)29(27,28)20-13-12-17(3)21(14-20)22(26)23-15-18-10-8-9-11-19(18)16-24(4)5/h8-14H,6-7,15-16H2,1-5H3,(H,23,26)/p+1. The Morgan fingerprint density at radius 3 is 2.24 bits per heavy atom. The van der Waals surface area contributed by atoms with Gasteiger partial charge in [0.1, 0.15) is 6.54 Å². The Morgan fingerprint density at radius 2 is 1.66 bits per heavy atom. The summed E-state index contributed by atoms with van der Waals surface area (Å²) < 4.78 is 27.0. The second-order valence-electron chi connectivity index (χ2n) is 7.40. The molecule has 2 rings (SSSR count). The number of nitrogens with zero attached hydrogens (tertiary/aromatic N) is 1. The predicted molar refractivity (Wildman–Crippen MR) is 115 cm³/mol. The largest absolute Gasteiger partial charge is 0.348 e. The van der Waals surface area contributed by atoms with Crippen molar-refractivity contribution in [2.45, 2.75) is 38.8 Å². The van der Waals surface area contributed by atoms with Crippen LogP contribution in [0.3, 0.4) is 0 Å². The molecule has 0 radical (unpaired) electrons. The molecule has 0 saturated carbocycles. The van der Waals surface area contributed by atoms with Gasteiger partial charge in [0, 0.05) is 30.8 Å². The minimum absolute atomic E-state index is 0.147. The molecule has 29 heavy (non-hydrogen) atoms. The van der Waals surface area contributed by atoms with Crippen LogP contribution in [0.1, 0.15) is 40.9 Å². The lowest BCUT2D eigenvalue weighted by molar-refractivity contribution is -0.872. The number of aryl methyl sites for hydroxylation is 1. The summed E-state index contributed by atoms with van der Waals surface area (Å²) in [6, 6.07) is 12.8. The number of rotatable bonds is 9. The number of hydrogen-bond acceptors (Lipinski definition) is 3. The third-order valence-corrected chi connectivity index (χ3v) is 6.94. The fourth-order valence-electron chi connectivity index (χ4n) is 3.27. The molecule has 6 nitrogen and oxygen atoms in total. The first-order chi connectivity index (χ1) is 13.7. The molecule has 0 unspecified atom stereocenters. The van der Waals surface area contributed by atoms with E-state index in [-0.39, 0.29) is 10.8 Å². The summed E-state index contributed by atoms with van der Waals surface area (Å²) in [5.74, 6) is -0.272. The van der Waals surface area contributed by atoms with Crippen LogP contribution in [0.25, 0.3) is 0 Å². The third-order valence-electron chi connectivity index (χ3n) is 4.90. The summed E-state index contributed by atoms with van der Waals surface area (Å²) in [6.07, 6.45) is 0. The maximum atomic E-state index is 12.8. The summed E-state index contributed by atoms with van der Waals surface area (Å²) in [4.78, 5) is 14.3.